The molecular formula is C18H16N6O3. The number of hydrogen-bond donors (Lipinski definition) is 1. The number of benzene rings is 1. The number of hydrogen-bond acceptors (Lipinski definition) is 5. The first-order valence-electron chi connectivity index (χ1n) is 8.05. The molecule has 0 spiro atoms. The first kappa shape index (κ1) is 17.9. The zero-order valence-corrected chi connectivity index (χ0v) is 14.7. The van der Waals surface area contributed by atoms with Gasteiger partial charge >= 0.3 is 5.82 Å². The predicted molar refractivity (Wildman–Crippen MR) is 97.5 cm³/mol. The molecule has 27 heavy (non-hydrogen) atoms. The first-order chi connectivity index (χ1) is 12.9. The Morgan fingerprint density at radius 2 is 2.04 bits per heavy atom. The second kappa shape index (κ2) is 7.13. The van der Waals surface area contributed by atoms with E-state index in [-0.39, 0.29) is 12.4 Å². The summed E-state index contributed by atoms with van der Waals surface area (Å²) in [7, 11) is 0. The van der Waals surface area contributed by atoms with Crippen LogP contribution in [0.3, 0.4) is 0 Å². The van der Waals surface area contributed by atoms with Gasteiger partial charge in [0.15, 0.2) is 0 Å². The van der Waals surface area contributed by atoms with E-state index in [1.807, 2.05) is 48.7 Å². The largest absolute Gasteiger partial charge is 0.381 e. The summed E-state index contributed by atoms with van der Waals surface area (Å²) in [5.41, 5.74) is 2.80. The highest BCUT2D eigenvalue weighted by atomic mass is 16.6. The van der Waals surface area contributed by atoms with E-state index in [9.17, 15) is 20.2 Å². The molecule has 0 unspecified atom stereocenters. The lowest BCUT2D eigenvalue weighted by molar-refractivity contribution is -0.389. The molecule has 1 N–H and O–H groups in total. The van der Waals surface area contributed by atoms with Crippen molar-refractivity contribution in [1.29, 1.82) is 5.26 Å². The van der Waals surface area contributed by atoms with Crippen molar-refractivity contribution in [3.05, 3.63) is 69.8 Å². The van der Waals surface area contributed by atoms with E-state index < -0.39 is 10.8 Å². The minimum absolute atomic E-state index is 0.163. The minimum atomic E-state index is -0.629. The van der Waals surface area contributed by atoms with E-state index in [1.54, 1.807) is 0 Å². The lowest BCUT2D eigenvalue weighted by Gasteiger charge is -2.13. The molecule has 0 radical (unpaired) electrons. The van der Waals surface area contributed by atoms with Gasteiger partial charge < -0.3 is 20.0 Å². The minimum Gasteiger partial charge on any atom is -0.358 e. The van der Waals surface area contributed by atoms with E-state index in [0.29, 0.717) is 11.4 Å². The molecule has 3 aromatic rings. The monoisotopic (exact) mass is 364 g/mol. The number of aromatic nitrogens is 3. The van der Waals surface area contributed by atoms with Crippen LogP contribution in [-0.4, -0.2) is 24.9 Å². The van der Waals surface area contributed by atoms with Crippen LogP contribution in [0.15, 0.2) is 42.9 Å². The fourth-order valence-electron chi connectivity index (χ4n) is 2.83. The fourth-order valence-corrected chi connectivity index (χ4v) is 2.83. The molecule has 1 amide bonds. The molecule has 0 bridgehead atoms. The van der Waals surface area contributed by atoms with E-state index >= 15 is 0 Å². The average Bonchev–Trinajstić information content (AvgIpc) is 3.19. The van der Waals surface area contributed by atoms with Gasteiger partial charge in [0.2, 0.25) is 12.2 Å². The van der Waals surface area contributed by atoms with Gasteiger partial charge in [-0.2, -0.15) is 5.26 Å². The summed E-state index contributed by atoms with van der Waals surface area (Å²) in [5.74, 6) is -0.383. The quantitative estimate of drug-likeness (QED) is 0.551. The van der Waals surface area contributed by atoms with Crippen LogP contribution in [0.25, 0.3) is 5.69 Å². The van der Waals surface area contributed by atoms with Gasteiger partial charge in [-0.15, -0.1) is 0 Å². The Kier molecular flexibility index (Phi) is 4.72. The fraction of sp³-hybridized carbons (Fsp3) is 0.167. The van der Waals surface area contributed by atoms with Crippen molar-refractivity contribution >= 4 is 17.5 Å². The van der Waals surface area contributed by atoms with Crippen LogP contribution in [0.5, 0.6) is 0 Å². The lowest BCUT2D eigenvalue weighted by Crippen LogP contribution is -2.20. The maximum atomic E-state index is 12.5. The van der Waals surface area contributed by atoms with Crippen molar-refractivity contribution in [2.45, 2.75) is 20.4 Å². The molecule has 1 aromatic carbocycles. The molecule has 0 aliphatic heterocycles. The maximum Gasteiger partial charge on any atom is 0.381 e. The van der Waals surface area contributed by atoms with E-state index in [2.05, 4.69) is 16.4 Å². The normalized spacial score (nSPS) is 10.4. The maximum absolute atomic E-state index is 12.5. The van der Waals surface area contributed by atoms with Gasteiger partial charge in [0, 0.05) is 11.4 Å². The number of para-hydroxylation sites is 1. The Morgan fingerprint density at radius 1 is 1.33 bits per heavy atom. The number of carbonyl (C=O) groups is 1. The Hall–Kier alpha value is -3.93. The molecule has 0 aliphatic rings. The third kappa shape index (κ3) is 3.41. The molecule has 0 saturated carbocycles. The van der Waals surface area contributed by atoms with Gasteiger partial charge in [-0.3, -0.25) is 9.36 Å². The highest BCUT2D eigenvalue weighted by Gasteiger charge is 2.21. The number of imidazole rings is 1. The van der Waals surface area contributed by atoms with Crippen LogP contribution >= 0.6 is 0 Å². The van der Waals surface area contributed by atoms with E-state index in [4.69, 9.17) is 0 Å². The molecule has 0 atom stereocenters. The molecule has 2 heterocycles. The standard InChI is InChI=1S/C18H16N6O3/c1-12-13(2)23(14-6-4-3-5-7-14)18(15(12)8-19)21-17(25)10-22-9-16(20-11-22)24(26)27/h3-7,9,11H,10H2,1-2H3,(H,21,25). The SMILES string of the molecule is Cc1c(C#N)c(NC(=O)Cn2cnc([N+](=O)[O-])c2)n(-c2ccccc2)c1C. The van der Waals surface area contributed by atoms with Crippen molar-refractivity contribution in [2.75, 3.05) is 5.32 Å². The highest BCUT2D eigenvalue weighted by Crippen LogP contribution is 2.29. The molecule has 136 valence electrons. The molecule has 0 fully saturated rings. The molecule has 9 nitrogen and oxygen atoms in total. The summed E-state index contributed by atoms with van der Waals surface area (Å²) in [6, 6.07) is 11.5. The Balaban J connectivity index is 1.93. The summed E-state index contributed by atoms with van der Waals surface area (Å²) < 4.78 is 3.12. The van der Waals surface area contributed by atoms with Crippen LogP contribution in [-0.2, 0) is 11.3 Å². The highest BCUT2D eigenvalue weighted by molar-refractivity contribution is 5.92. The van der Waals surface area contributed by atoms with Gasteiger partial charge in [0.05, 0.1) is 5.56 Å². The molecular weight excluding hydrogens is 348 g/mol. The number of carbonyl (C=O) groups excluding carboxylic acids is 1. The third-order valence-corrected chi connectivity index (χ3v) is 4.23. The van der Waals surface area contributed by atoms with E-state index in [0.717, 1.165) is 16.9 Å². The molecule has 0 saturated heterocycles. The van der Waals surface area contributed by atoms with Crippen LogP contribution in [0.2, 0.25) is 0 Å². The van der Waals surface area contributed by atoms with Gasteiger partial charge in [-0.25, -0.2) is 0 Å². The number of anilines is 1. The van der Waals surface area contributed by atoms with Crippen LogP contribution in [0, 0.1) is 35.3 Å². The number of amides is 1. The molecule has 9 heteroatoms. The molecule has 0 aliphatic carbocycles. The lowest BCUT2D eigenvalue weighted by atomic mass is 10.2. The number of nitrogens with one attached hydrogen (secondary N) is 1. The summed E-state index contributed by atoms with van der Waals surface area (Å²) in [5, 5.41) is 23.0. The van der Waals surface area contributed by atoms with Gasteiger partial charge in [-0.1, -0.05) is 18.2 Å². The zero-order valence-electron chi connectivity index (χ0n) is 14.7. The predicted octanol–water partition coefficient (Wildman–Crippen LogP) is 2.71. The average molecular weight is 364 g/mol. The van der Waals surface area contributed by atoms with Crippen molar-refractivity contribution in [3.8, 4) is 11.8 Å². The topological polar surface area (TPSA) is 119 Å². The second-order valence-electron chi connectivity index (χ2n) is 5.93. The van der Waals surface area contributed by atoms with Gasteiger partial charge in [-0.05, 0) is 41.5 Å². The molecule has 3 rings (SSSR count). The smallest absolute Gasteiger partial charge is 0.358 e. The Bertz CT molecular complexity index is 1060. The number of rotatable bonds is 5. The van der Waals surface area contributed by atoms with Crippen molar-refractivity contribution in [1.82, 2.24) is 14.1 Å². The van der Waals surface area contributed by atoms with Crippen LogP contribution in [0.4, 0.5) is 11.6 Å². The Labute approximate surface area is 154 Å². The zero-order chi connectivity index (χ0) is 19.6. The first-order valence-corrected chi connectivity index (χ1v) is 8.05. The van der Waals surface area contributed by atoms with Crippen molar-refractivity contribution < 1.29 is 9.72 Å². The number of nitro groups is 1. The number of nitriles is 1. The summed E-state index contributed by atoms with van der Waals surface area (Å²) in [6.07, 6.45) is 2.40. The molecule has 2 aromatic heterocycles. The summed E-state index contributed by atoms with van der Waals surface area (Å²) >= 11 is 0. The van der Waals surface area contributed by atoms with Crippen LogP contribution < -0.4 is 5.32 Å². The van der Waals surface area contributed by atoms with E-state index in [1.165, 1.54) is 17.1 Å². The Morgan fingerprint density at radius 3 is 2.63 bits per heavy atom. The number of nitrogens with zero attached hydrogens (tertiary/aromatic N) is 5. The summed E-state index contributed by atoms with van der Waals surface area (Å²) in [4.78, 5) is 26.2. The van der Waals surface area contributed by atoms with Gasteiger partial charge in [0.25, 0.3) is 0 Å². The van der Waals surface area contributed by atoms with Gasteiger partial charge in [0.1, 0.15) is 24.6 Å². The van der Waals surface area contributed by atoms with Crippen molar-refractivity contribution in [3.63, 3.8) is 0 Å². The second-order valence-corrected chi connectivity index (χ2v) is 5.93. The van der Waals surface area contributed by atoms with Crippen molar-refractivity contribution in [2.24, 2.45) is 0 Å². The van der Waals surface area contributed by atoms with Crippen LogP contribution in [0.1, 0.15) is 16.8 Å². The summed E-state index contributed by atoms with van der Waals surface area (Å²) in [6.45, 7) is 3.53. The third-order valence-electron chi connectivity index (χ3n) is 4.23.